The molecule has 0 saturated carbocycles. The fraction of sp³-hybridized carbons (Fsp3) is 0.172. The Morgan fingerprint density at radius 2 is 1.61 bits per heavy atom. The van der Waals surface area contributed by atoms with Gasteiger partial charge in [0.25, 0.3) is 0 Å². The second kappa shape index (κ2) is 10.4. The molecule has 1 aromatic heterocycles. The van der Waals surface area contributed by atoms with E-state index in [4.69, 9.17) is 9.47 Å². The molecule has 7 heteroatoms. The fourth-order valence-corrected chi connectivity index (χ4v) is 4.32. The standard InChI is InChI=1S/C29H27N3O4/c1-35-29(34)25-10-7-11-26(28(25)31-16-5-6-17-31)32-19-24(20-32)36-23-14-12-21(13-15-23)18-27(33)30-22-8-3-2-4-9-22/h2-17,24H,18-20H2,1H3,(H,30,33). The van der Waals surface area contributed by atoms with Crippen LogP contribution in [0.25, 0.3) is 5.69 Å². The highest BCUT2D eigenvalue weighted by Gasteiger charge is 2.32. The van der Waals surface area contributed by atoms with E-state index in [2.05, 4.69) is 10.2 Å². The van der Waals surface area contributed by atoms with Crippen LogP contribution in [0.4, 0.5) is 11.4 Å². The number of benzene rings is 3. The van der Waals surface area contributed by atoms with Crippen molar-refractivity contribution in [2.75, 3.05) is 30.4 Å². The third-order valence-corrected chi connectivity index (χ3v) is 6.12. The van der Waals surface area contributed by atoms with Gasteiger partial charge in [-0.05, 0) is 54.1 Å². The molecule has 5 rings (SSSR count). The molecular formula is C29H27N3O4. The van der Waals surface area contributed by atoms with Crippen molar-refractivity contribution in [3.05, 3.63) is 108 Å². The number of hydrogen-bond donors (Lipinski definition) is 1. The Kier molecular flexibility index (Phi) is 6.71. The van der Waals surface area contributed by atoms with Gasteiger partial charge in [-0.2, -0.15) is 0 Å². The van der Waals surface area contributed by atoms with Crippen molar-refractivity contribution in [3.8, 4) is 11.4 Å². The molecular weight excluding hydrogens is 454 g/mol. The van der Waals surface area contributed by atoms with E-state index in [9.17, 15) is 9.59 Å². The summed E-state index contributed by atoms with van der Waals surface area (Å²) in [6.45, 7) is 1.39. The van der Waals surface area contributed by atoms with Gasteiger partial charge in [0.2, 0.25) is 5.91 Å². The van der Waals surface area contributed by atoms with E-state index >= 15 is 0 Å². The summed E-state index contributed by atoms with van der Waals surface area (Å²) < 4.78 is 13.1. The van der Waals surface area contributed by atoms with Crippen LogP contribution in [0, 0.1) is 0 Å². The number of rotatable bonds is 8. The molecule has 4 aromatic rings. The molecule has 0 atom stereocenters. The largest absolute Gasteiger partial charge is 0.487 e. The minimum atomic E-state index is -0.369. The number of nitrogens with one attached hydrogen (secondary N) is 1. The molecule has 0 bridgehead atoms. The number of methoxy groups -OCH3 is 1. The SMILES string of the molecule is COC(=O)c1cccc(N2CC(Oc3ccc(CC(=O)Nc4ccccc4)cc3)C2)c1-n1cccc1. The van der Waals surface area contributed by atoms with Crippen LogP contribution in [0.3, 0.4) is 0 Å². The number of anilines is 2. The molecule has 1 aliphatic heterocycles. The van der Waals surface area contributed by atoms with E-state index in [0.29, 0.717) is 25.1 Å². The molecule has 1 N–H and O–H groups in total. The van der Waals surface area contributed by atoms with Gasteiger partial charge in [0.05, 0.1) is 43.6 Å². The number of hydrogen-bond acceptors (Lipinski definition) is 5. The molecule has 0 aliphatic carbocycles. The van der Waals surface area contributed by atoms with E-state index in [1.807, 2.05) is 95.8 Å². The van der Waals surface area contributed by atoms with Gasteiger partial charge in [0.1, 0.15) is 11.9 Å². The van der Waals surface area contributed by atoms with Crippen molar-refractivity contribution >= 4 is 23.3 Å². The lowest BCUT2D eigenvalue weighted by atomic mass is 10.1. The van der Waals surface area contributed by atoms with Gasteiger partial charge in [-0.1, -0.05) is 36.4 Å². The van der Waals surface area contributed by atoms with Crippen LogP contribution in [0.1, 0.15) is 15.9 Å². The van der Waals surface area contributed by atoms with Gasteiger partial charge in [-0.3, -0.25) is 4.79 Å². The maximum Gasteiger partial charge on any atom is 0.340 e. The molecule has 0 unspecified atom stereocenters. The van der Waals surface area contributed by atoms with Crippen LogP contribution in [0.5, 0.6) is 5.75 Å². The highest BCUT2D eigenvalue weighted by atomic mass is 16.5. The molecule has 36 heavy (non-hydrogen) atoms. The number of esters is 1. The summed E-state index contributed by atoms with van der Waals surface area (Å²) in [5, 5.41) is 2.90. The van der Waals surface area contributed by atoms with Crippen molar-refractivity contribution in [1.29, 1.82) is 0 Å². The molecule has 7 nitrogen and oxygen atoms in total. The van der Waals surface area contributed by atoms with Crippen molar-refractivity contribution in [1.82, 2.24) is 4.57 Å². The zero-order valence-corrected chi connectivity index (χ0v) is 20.0. The average Bonchev–Trinajstić information content (AvgIpc) is 3.41. The number of aromatic nitrogens is 1. The van der Waals surface area contributed by atoms with Gasteiger partial charge in [-0.15, -0.1) is 0 Å². The van der Waals surface area contributed by atoms with E-state index in [0.717, 1.165) is 28.4 Å². The number of ether oxygens (including phenoxy) is 2. The van der Waals surface area contributed by atoms with Crippen LogP contribution in [0.15, 0.2) is 97.3 Å². The smallest absolute Gasteiger partial charge is 0.340 e. The Labute approximate surface area is 209 Å². The van der Waals surface area contributed by atoms with Crippen molar-refractivity contribution in [2.24, 2.45) is 0 Å². The van der Waals surface area contributed by atoms with Gasteiger partial charge in [-0.25, -0.2) is 4.79 Å². The summed E-state index contributed by atoms with van der Waals surface area (Å²) in [5.74, 6) is 0.337. The third-order valence-electron chi connectivity index (χ3n) is 6.12. The molecule has 0 radical (unpaired) electrons. The van der Waals surface area contributed by atoms with E-state index in [1.54, 1.807) is 6.07 Å². The highest BCUT2D eigenvalue weighted by molar-refractivity contribution is 5.96. The van der Waals surface area contributed by atoms with Crippen molar-refractivity contribution in [2.45, 2.75) is 12.5 Å². The van der Waals surface area contributed by atoms with Gasteiger partial charge >= 0.3 is 5.97 Å². The topological polar surface area (TPSA) is 72.8 Å². The normalized spacial score (nSPS) is 13.1. The lowest BCUT2D eigenvalue weighted by Crippen LogP contribution is -2.54. The lowest BCUT2D eigenvalue weighted by Gasteiger charge is -2.41. The first-order valence-corrected chi connectivity index (χ1v) is 11.8. The van der Waals surface area contributed by atoms with Gasteiger partial charge < -0.3 is 24.3 Å². The minimum Gasteiger partial charge on any atom is -0.487 e. The van der Waals surface area contributed by atoms with Gasteiger partial charge in [0, 0.05) is 18.1 Å². The maximum atomic E-state index is 12.4. The Bertz CT molecular complexity index is 1330. The molecule has 0 spiro atoms. The van der Waals surface area contributed by atoms with Gasteiger partial charge in [0.15, 0.2) is 0 Å². The van der Waals surface area contributed by atoms with Crippen LogP contribution in [-0.2, 0) is 16.0 Å². The highest BCUT2D eigenvalue weighted by Crippen LogP contribution is 2.33. The van der Waals surface area contributed by atoms with Crippen LogP contribution >= 0.6 is 0 Å². The summed E-state index contributed by atoms with van der Waals surface area (Å²) >= 11 is 0. The van der Waals surface area contributed by atoms with E-state index in [1.165, 1.54) is 7.11 Å². The molecule has 1 fully saturated rings. The Hall–Kier alpha value is -4.52. The molecule has 1 amide bonds. The van der Waals surface area contributed by atoms with Crippen molar-refractivity contribution in [3.63, 3.8) is 0 Å². The number of nitrogens with zero attached hydrogens (tertiary/aromatic N) is 2. The van der Waals surface area contributed by atoms with E-state index < -0.39 is 0 Å². The Morgan fingerprint density at radius 1 is 0.889 bits per heavy atom. The fourth-order valence-electron chi connectivity index (χ4n) is 4.32. The summed E-state index contributed by atoms with van der Waals surface area (Å²) in [6, 6.07) is 26.6. The lowest BCUT2D eigenvalue weighted by molar-refractivity contribution is -0.115. The monoisotopic (exact) mass is 481 g/mol. The minimum absolute atomic E-state index is 0.0246. The molecule has 3 aromatic carbocycles. The number of para-hydroxylation sites is 2. The first-order chi connectivity index (χ1) is 17.6. The first kappa shape index (κ1) is 23.2. The summed E-state index contributed by atoms with van der Waals surface area (Å²) in [4.78, 5) is 26.9. The zero-order chi connectivity index (χ0) is 24.9. The number of carbonyl (C=O) groups is 2. The Balaban J connectivity index is 1.20. The predicted octanol–water partition coefficient (Wildman–Crippen LogP) is 4.71. The van der Waals surface area contributed by atoms with Crippen LogP contribution < -0.4 is 15.0 Å². The van der Waals surface area contributed by atoms with Crippen LogP contribution in [0.2, 0.25) is 0 Å². The first-order valence-electron chi connectivity index (χ1n) is 11.8. The zero-order valence-electron chi connectivity index (χ0n) is 20.0. The quantitative estimate of drug-likeness (QED) is 0.369. The third kappa shape index (κ3) is 5.10. The molecule has 1 saturated heterocycles. The second-order valence-corrected chi connectivity index (χ2v) is 8.63. The summed E-state index contributed by atoms with van der Waals surface area (Å²) in [6.07, 6.45) is 4.16. The number of carbonyl (C=O) groups excluding carboxylic acids is 2. The Morgan fingerprint density at radius 3 is 2.31 bits per heavy atom. The average molecular weight is 482 g/mol. The number of amides is 1. The predicted molar refractivity (Wildman–Crippen MR) is 139 cm³/mol. The molecule has 1 aliphatic rings. The molecule has 182 valence electrons. The molecule has 2 heterocycles. The van der Waals surface area contributed by atoms with Crippen molar-refractivity contribution < 1.29 is 19.1 Å². The second-order valence-electron chi connectivity index (χ2n) is 8.63. The van der Waals surface area contributed by atoms with E-state index in [-0.39, 0.29) is 18.0 Å². The summed E-state index contributed by atoms with van der Waals surface area (Å²) in [7, 11) is 1.39. The van der Waals surface area contributed by atoms with Crippen LogP contribution in [-0.4, -0.2) is 42.7 Å². The maximum absolute atomic E-state index is 12.4. The summed E-state index contributed by atoms with van der Waals surface area (Å²) in [5.41, 5.74) is 3.97.